The van der Waals surface area contributed by atoms with Crippen molar-refractivity contribution in [2.45, 2.75) is 44.2 Å². The minimum Gasteiger partial charge on any atom is -0.376 e. The first-order valence-electron chi connectivity index (χ1n) is 7.50. The summed E-state index contributed by atoms with van der Waals surface area (Å²) >= 11 is 6.01. The number of amides is 1. The van der Waals surface area contributed by atoms with Crippen LogP contribution in [-0.2, 0) is 16.0 Å². The lowest BCUT2D eigenvalue weighted by molar-refractivity contribution is -0.133. The highest BCUT2D eigenvalue weighted by molar-refractivity contribution is 6.31. The molecule has 0 radical (unpaired) electrons. The summed E-state index contributed by atoms with van der Waals surface area (Å²) in [6, 6.07) is 4.38. The van der Waals surface area contributed by atoms with Crippen LogP contribution in [-0.4, -0.2) is 36.1 Å². The van der Waals surface area contributed by atoms with E-state index in [1.165, 1.54) is 12.1 Å². The molecule has 2 fully saturated rings. The smallest absolute Gasteiger partial charge is 0.227 e. The highest BCUT2D eigenvalue weighted by Crippen LogP contribution is 2.29. The lowest BCUT2D eigenvalue weighted by atomic mass is 10.0. The van der Waals surface area contributed by atoms with E-state index >= 15 is 0 Å². The first-order valence-corrected chi connectivity index (χ1v) is 7.88. The monoisotopic (exact) mass is 311 g/mol. The largest absolute Gasteiger partial charge is 0.376 e. The molecule has 5 heteroatoms. The van der Waals surface area contributed by atoms with E-state index in [4.69, 9.17) is 16.3 Å². The molecular weight excluding hydrogens is 293 g/mol. The maximum Gasteiger partial charge on any atom is 0.227 e. The summed E-state index contributed by atoms with van der Waals surface area (Å²) in [6.07, 6.45) is 4.54. The van der Waals surface area contributed by atoms with E-state index < -0.39 is 0 Å². The van der Waals surface area contributed by atoms with Crippen LogP contribution in [0.1, 0.15) is 31.2 Å². The van der Waals surface area contributed by atoms with Crippen molar-refractivity contribution < 1.29 is 13.9 Å². The van der Waals surface area contributed by atoms with E-state index in [0.717, 1.165) is 38.8 Å². The lowest BCUT2D eigenvalue weighted by Crippen LogP contribution is -2.43. The van der Waals surface area contributed by atoms with Gasteiger partial charge in [0.05, 0.1) is 18.6 Å². The van der Waals surface area contributed by atoms with Crippen molar-refractivity contribution in [3.63, 3.8) is 0 Å². The zero-order valence-electron chi connectivity index (χ0n) is 11.9. The number of nitrogens with zero attached hydrogens (tertiary/aromatic N) is 1. The second kappa shape index (κ2) is 6.32. The van der Waals surface area contributed by atoms with Gasteiger partial charge in [0.2, 0.25) is 5.91 Å². The van der Waals surface area contributed by atoms with Gasteiger partial charge in [0.25, 0.3) is 0 Å². The summed E-state index contributed by atoms with van der Waals surface area (Å²) in [6.45, 7) is 1.58. The molecule has 0 aliphatic carbocycles. The van der Waals surface area contributed by atoms with Gasteiger partial charge in [0.15, 0.2) is 0 Å². The SMILES string of the molecule is O=C(Cc1ccc(F)cc1Cl)N1CCC[C@H]1[C@H]1CCCO1. The summed E-state index contributed by atoms with van der Waals surface area (Å²) in [7, 11) is 0. The number of carbonyl (C=O) groups is 1. The molecule has 0 aromatic heterocycles. The summed E-state index contributed by atoms with van der Waals surface area (Å²) in [4.78, 5) is 14.5. The summed E-state index contributed by atoms with van der Waals surface area (Å²) in [5, 5.41) is 0.316. The molecule has 0 saturated carbocycles. The third kappa shape index (κ3) is 3.22. The molecule has 3 rings (SSSR count). The number of hydrogen-bond acceptors (Lipinski definition) is 2. The Kier molecular flexibility index (Phi) is 4.45. The van der Waals surface area contributed by atoms with Gasteiger partial charge < -0.3 is 9.64 Å². The fraction of sp³-hybridized carbons (Fsp3) is 0.562. The van der Waals surface area contributed by atoms with E-state index in [9.17, 15) is 9.18 Å². The molecule has 114 valence electrons. The second-order valence-corrected chi connectivity index (χ2v) is 6.17. The van der Waals surface area contributed by atoms with Crippen LogP contribution in [0.25, 0.3) is 0 Å². The Morgan fingerprint density at radius 1 is 1.38 bits per heavy atom. The summed E-state index contributed by atoms with van der Waals surface area (Å²) in [5.74, 6) is -0.323. The van der Waals surface area contributed by atoms with Crippen LogP contribution >= 0.6 is 11.6 Å². The molecular formula is C16H19ClFNO2. The summed E-state index contributed by atoms with van der Waals surface area (Å²) < 4.78 is 18.8. The van der Waals surface area contributed by atoms with Crippen molar-refractivity contribution in [2.75, 3.05) is 13.2 Å². The number of benzene rings is 1. The van der Waals surface area contributed by atoms with Crippen molar-refractivity contribution in [1.82, 2.24) is 4.90 Å². The van der Waals surface area contributed by atoms with Gasteiger partial charge in [0.1, 0.15) is 5.82 Å². The Labute approximate surface area is 129 Å². The molecule has 1 aromatic carbocycles. The van der Waals surface area contributed by atoms with Crippen LogP contribution in [0.4, 0.5) is 4.39 Å². The highest BCUT2D eigenvalue weighted by atomic mass is 35.5. The molecule has 3 nitrogen and oxygen atoms in total. The standard InChI is InChI=1S/C16H19ClFNO2/c17-13-10-12(18)6-5-11(13)9-16(20)19-7-1-3-14(19)15-4-2-8-21-15/h5-6,10,14-15H,1-4,7-9H2/t14-,15+/m0/s1. The van der Waals surface area contributed by atoms with Gasteiger partial charge in [-0.1, -0.05) is 17.7 Å². The molecule has 2 saturated heterocycles. The highest BCUT2D eigenvalue weighted by Gasteiger charge is 2.36. The molecule has 0 N–H and O–H groups in total. The third-order valence-electron chi connectivity index (χ3n) is 4.37. The van der Waals surface area contributed by atoms with Gasteiger partial charge >= 0.3 is 0 Å². The van der Waals surface area contributed by atoms with E-state index in [-0.39, 0.29) is 30.3 Å². The van der Waals surface area contributed by atoms with Crippen molar-refractivity contribution in [1.29, 1.82) is 0 Å². The number of carbonyl (C=O) groups excluding carboxylic acids is 1. The Morgan fingerprint density at radius 3 is 2.95 bits per heavy atom. The van der Waals surface area contributed by atoms with Crippen molar-refractivity contribution in [3.8, 4) is 0 Å². The quantitative estimate of drug-likeness (QED) is 0.858. The summed E-state index contributed by atoms with van der Waals surface area (Å²) in [5.41, 5.74) is 0.682. The lowest BCUT2D eigenvalue weighted by Gasteiger charge is -2.29. The molecule has 2 heterocycles. The van der Waals surface area contributed by atoms with Crippen LogP contribution in [0.3, 0.4) is 0 Å². The van der Waals surface area contributed by atoms with Crippen molar-refractivity contribution in [2.24, 2.45) is 0 Å². The van der Waals surface area contributed by atoms with E-state index in [2.05, 4.69) is 0 Å². The van der Waals surface area contributed by atoms with Gasteiger partial charge in [-0.05, 0) is 43.4 Å². The number of rotatable bonds is 3. The van der Waals surface area contributed by atoms with Gasteiger partial charge in [-0.3, -0.25) is 4.79 Å². The Balaban J connectivity index is 1.69. The maximum atomic E-state index is 13.1. The van der Waals surface area contributed by atoms with Crippen molar-refractivity contribution in [3.05, 3.63) is 34.6 Å². The molecule has 2 aliphatic heterocycles. The van der Waals surface area contributed by atoms with Gasteiger partial charge in [-0.15, -0.1) is 0 Å². The van der Waals surface area contributed by atoms with E-state index in [0.29, 0.717) is 10.6 Å². The molecule has 0 spiro atoms. The predicted octanol–water partition coefficient (Wildman–Crippen LogP) is 3.19. The van der Waals surface area contributed by atoms with Crippen LogP contribution in [0.2, 0.25) is 5.02 Å². The third-order valence-corrected chi connectivity index (χ3v) is 4.72. The topological polar surface area (TPSA) is 29.5 Å². The fourth-order valence-electron chi connectivity index (χ4n) is 3.32. The molecule has 2 atom stereocenters. The molecule has 0 unspecified atom stereocenters. The Hall–Kier alpha value is -1.13. The first-order chi connectivity index (χ1) is 10.1. The number of hydrogen-bond donors (Lipinski definition) is 0. The van der Waals surface area contributed by atoms with Crippen LogP contribution in [0, 0.1) is 5.82 Å². The fourth-order valence-corrected chi connectivity index (χ4v) is 3.56. The zero-order chi connectivity index (χ0) is 14.8. The van der Waals surface area contributed by atoms with Gasteiger partial charge in [-0.2, -0.15) is 0 Å². The first kappa shape index (κ1) is 14.8. The van der Waals surface area contributed by atoms with Crippen LogP contribution < -0.4 is 0 Å². The number of halogens is 2. The van der Waals surface area contributed by atoms with Crippen LogP contribution in [0.15, 0.2) is 18.2 Å². The molecule has 1 amide bonds. The molecule has 2 aliphatic rings. The average Bonchev–Trinajstić information content (AvgIpc) is 3.10. The van der Waals surface area contributed by atoms with E-state index in [1.807, 2.05) is 4.90 Å². The minimum absolute atomic E-state index is 0.0570. The zero-order valence-corrected chi connectivity index (χ0v) is 12.6. The molecule has 0 bridgehead atoms. The molecule has 21 heavy (non-hydrogen) atoms. The second-order valence-electron chi connectivity index (χ2n) is 5.76. The van der Waals surface area contributed by atoms with Crippen molar-refractivity contribution >= 4 is 17.5 Å². The minimum atomic E-state index is -0.380. The van der Waals surface area contributed by atoms with Gasteiger partial charge in [0, 0.05) is 18.2 Å². The van der Waals surface area contributed by atoms with Crippen LogP contribution in [0.5, 0.6) is 0 Å². The van der Waals surface area contributed by atoms with Gasteiger partial charge in [-0.25, -0.2) is 4.39 Å². The Morgan fingerprint density at radius 2 is 2.24 bits per heavy atom. The Bertz CT molecular complexity index is 531. The normalized spacial score (nSPS) is 25.5. The maximum absolute atomic E-state index is 13.1. The average molecular weight is 312 g/mol. The number of ether oxygens (including phenoxy) is 1. The number of likely N-dealkylation sites (tertiary alicyclic amines) is 1. The van der Waals surface area contributed by atoms with E-state index in [1.54, 1.807) is 6.07 Å². The predicted molar refractivity (Wildman–Crippen MR) is 78.8 cm³/mol. The molecule has 1 aromatic rings.